The molecule has 0 aliphatic heterocycles. The molecule has 2 unspecified atom stereocenters. The number of nitrogens with zero attached hydrogens (tertiary/aromatic N) is 6. The largest absolute Gasteiger partial charge is 0.393 e. The summed E-state index contributed by atoms with van der Waals surface area (Å²) in [6, 6.07) is 0.258. The Balaban J connectivity index is 1.41. The predicted molar refractivity (Wildman–Crippen MR) is 106 cm³/mol. The smallest absolute Gasteiger partial charge is 0.198 e. The van der Waals surface area contributed by atoms with Crippen molar-refractivity contribution in [2.45, 2.75) is 75.9 Å². The highest BCUT2D eigenvalue weighted by Crippen LogP contribution is 2.33. The number of rotatable bonds is 4. The number of hydrogen-bond acceptors (Lipinski definition) is 6. The van der Waals surface area contributed by atoms with Crippen LogP contribution in [-0.2, 0) is 0 Å². The molecule has 2 saturated carbocycles. The van der Waals surface area contributed by atoms with E-state index in [9.17, 15) is 5.11 Å². The van der Waals surface area contributed by atoms with Gasteiger partial charge in [0.15, 0.2) is 11.5 Å². The number of nitrogens with one attached hydrogen (secondary N) is 1. The molecule has 28 heavy (non-hydrogen) atoms. The van der Waals surface area contributed by atoms with Crippen LogP contribution in [0.4, 0.5) is 11.5 Å². The summed E-state index contributed by atoms with van der Waals surface area (Å²) in [4.78, 5) is 9.29. The van der Waals surface area contributed by atoms with Gasteiger partial charge in [-0.1, -0.05) is 19.3 Å². The molecule has 0 radical (unpaired) electrons. The van der Waals surface area contributed by atoms with Gasteiger partial charge in [-0.3, -0.25) is 4.68 Å². The van der Waals surface area contributed by atoms with Crippen LogP contribution in [0.5, 0.6) is 0 Å². The maximum Gasteiger partial charge on any atom is 0.198 e. The lowest BCUT2D eigenvalue weighted by atomic mass is 9.87. The molecular formula is C20H27N7O. The van der Waals surface area contributed by atoms with Gasteiger partial charge in [-0.25, -0.2) is 14.5 Å². The second kappa shape index (κ2) is 7.50. The summed E-state index contributed by atoms with van der Waals surface area (Å²) in [6.45, 7) is 0. The molecule has 0 saturated heterocycles. The molecule has 148 valence electrons. The number of aliphatic hydroxyl groups is 1. The maximum absolute atomic E-state index is 9.95. The Morgan fingerprint density at radius 3 is 2.75 bits per heavy atom. The van der Waals surface area contributed by atoms with Gasteiger partial charge in [0.05, 0.1) is 35.9 Å². The summed E-state index contributed by atoms with van der Waals surface area (Å²) in [5.41, 5.74) is 2.70. The highest BCUT2D eigenvalue weighted by atomic mass is 16.3. The first kappa shape index (κ1) is 17.6. The minimum absolute atomic E-state index is 0.219. The van der Waals surface area contributed by atoms with Crippen molar-refractivity contribution in [3.8, 4) is 0 Å². The third kappa shape index (κ3) is 3.48. The summed E-state index contributed by atoms with van der Waals surface area (Å²) in [6.07, 6.45) is 17.2. The summed E-state index contributed by atoms with van der Waals surface area (Å²) < 4.78 is 3.79. The van der Waals surface area contributed by atoms with Crippen LogP contribution in [0, 0.1) is 0 Å². The van der Waals surface area contributed by atoms with Gasteiger partial charge in [0.25, 0.3) is 0 Å². The molecule has 3 aromatic heterocycles. The first-order chi connectivity index (χ1) is 13.8. The quantitative estimate of drug-likeness (QED) is 0.717. The van der Waals surface area contributed by atoms with E-state index in [2.05, 4.69) is 20.5 Å². The Morgan fingerprint density at radius 1 is 1.00 bits per heavy atom. The van der Waals surface area contributed by atoms with Crippen LogP contribution in [0.15, 0.2) is 24.9 Å². The van der Waals surface area contributed by atoms with E-state index < -0.39 is 0 Å². The van der Waals surface area contributed by atoms with Crippen molar-refractivity contribution in [1.29, 1.82) is 0 Å². The van der Waals surface area contributed by atoms with E-state index in [1.807, 2.05) is 27.8 Å². The zero-order valence-corrected chi connectivity index (χ0v) is 16.0. The summed E-state index contributed by atoms with van der Waals surface area (Å²) in [5.74, 6) is 1.22. The Kier molecular flexibility index (Phi) is 4.72. The van der Waals surface area contributed by atoms with Gasteiger partial charge < -0.3 is 10.4 Å². The van der Waals surface area contributed by atoms with Gasteiger partial charge in [-0.15, -0.1) is 0 Å². The zero-order valence-electron chi connectivity index (χ0n) is 16.0. The van der Waals surface area contributed by atoms with E-state index >= 15 is 0 Å². The van der Waals surface area contributed by atoms with E-state index in [1.54, 1.807) is 6.33 Å². The van der Waals surface area contributed by atoms with Crippen LogP contribution >= 0.6 is 0 Å². The first-order valence-corrected chi connectivity index (χ1v) is 10.5. The highest BCUT2D eigenvalue weighted by Gasteiger charge is 2.23. The predicted octanol–water partition coefficient (Wildman–Crippen LogP) is 3.59. The molecule has 3 aromatic rings. The van der Waals surface area contributed by atoms with E-state index in [-0.39, 0.29) is 12.1 Å². The molecule has 8 heteroatoms. The van der Waals surface area contributed by atoms with E-state index in [4.69, 9.17) is 4.98 Å². The third-order valence-electron chi connectivity index (χ3n) is 6.16. The fraction of sp³-hybridized carbons (Fsp3) is 0.600. The van der Waals surface area contributed by atoms with E-state index in [0.29, 0.717) is 5.92 Å². The van der Waals surface area contributed by atoms with Gasteiger partial charge in [-0.05, 0) is 38.5 Å². The number of hydrogen-bond donors (Lipinski definition) is 2. The normalized spacial score (nSPS) is 23.9. The highest BCUT2D eigenvalue weighted by molar-refractivity contribution is 5.68. The average Bonchev–Trinajstić information content (AvgIpc) is 3.38. The summed E-state index contributed by atoms with van der Waals surface area (Å²) >= 11 is 0. The Labute approximate surface area is 164 Å². The molecule has 2 aliphatic carbocycles. The minimum atomic E-state index is -0.219. The van der Waals surface area contributed by atoms with Crippen molar-refractivity contribution in [2.75, 3.05) is 5.32 Å². The van der Waals surface area contributed by atoms with Gasteiger partial charge >= 0.3 is 0 Å². The van der Waals surface area contributed by atoms with Crippen LogP contribution in [0.25, 0.3) is 5.65 Å². The number of aliphatic hydroxyl groups excluding tert-OH is 1. The van der Waals surface area contributed by atoms with Gasteiger partial charge in [0.2, 0.25) is 0 Å². The number of fused-ring (bicyclic) bond motifs is 1. The monoisotopic (exact) mass is 381 g/mol. The standard InChI is InChI=1S/C20H27N7O/c28-17-8-4-7-16(9-17)26-11-15(10-22-26)24-19-20-21-13-23-27(20)12-18(25-19)14-5-2-1-3-6-14/h10-14,16-17,28H,1-9H2,(H,24,25). The molecular weight excluding hydrogens is 354 g/mol. The molecule has 8 nitrogen and oxygen atoms in total. The van der Waals surface area contributed by atoms with E-state index in [0.717, 1.165) is 48.5 Å². The Bertz CT molecular complexity index is 943. The lowest BCUT2D eigenvalue weighted by Crippen LogP contribution is -2.22. The van der Waals surface area contributed by atoms with Crippen molar-refractivity contribution in [3.05, 3.63) is 30.6 Å². The number of anilines is 2. The van der Waals surface area contributed by atoms with Crippen molar-refractivity contribution >= 4 is 17.2 Å². The van der Waals surface area contributed by atoms with Crippen LogP contribution < -0.4 is 5.32 Å². The van der Waals surface area contributed by atoms with Crippen LogP contribution in [0.1, 0.15) is 75.4 Å². The van der Waals surface area contributed by atoms with Crippen LogP contribution in [0.3, 0.4) is 0 Å². The molecule has 3 heterocycles. The molecule has 0 bridgehead atoms. The maximum atomic E-state index is 9.95. The zero-order chi connectivity index (χ0) is 18.9. The third-order valence-corrected chi connectivity index (χ3v) is 6.16. The molecule has 0 aromatic carbocycles. The summed E-state index contributed by atoms with van der Waals surface area (Å²) in [7, 11) is 0. The Hall–Kier alpha value is -2.48. The average molecular weight is 381 g/mol. The molecule has 2 atom stereocenters. The molecule has 0 spiro atoms. The number of aromatic nitrogens is 6. The van der Waals surface area contributed by atoms with Crippen molar-refractivity contribution < 1.29 is 5.11 Å². The van der Waals surface area contributed by atoms with Crippen LogP contribution in [-0.4, -0.2) is 40.6 Å². The molecule has 2 fully saturated rings. The molecule has 0 amide bonds. The van der Waals surface area contributed by atoms with Crippen LogP contribution in [0.2, 0.25) is 0 Å². The van der Waals surface area contributed by atoms with Gasteiger partial charge in [0, 0.05) is 12.1 Å². The topological polar surface area (TPSA) is 93.2 Å². The fourth-order valence-corrected chi connectivity index (χ4v) is 4.64. The van der Waals surface area contributed by atoms with Crippen molar-refractivity contribution in [3.63, 3.8) is 0 Å². The van der Waals surface area contributed by atoms with Crippen molar-refractivity contribution in [2.24, 2.45) is 0 Å². The SMILES string of the molecule is OC1CCCC(n2cc(Nc3nc(C4CCCCC4)cn4ncnc34)cn2)C1. The minimum Gasteiger partial charge on any atom is -0.393 e. The lowest BCUT2D eigenvalue weighted by Gasteiger charge is -2.25. The molecule has 5 rings (SSSR count). The first-order valence-electron chi connectivity index (χ1n) is 10.5. The molecule has 2 aliphatic rings. The molecule has 2 N–H and O–H groups in total. The second-order valence-corrected chi connectivity index (χ2v) is 8.19. The van der Waals surface area contributed by atoms with Gasteiger partial charge in [0.1, 0.15) is 6.33 Å². The van der Waals surface area contributed by atoms with Gasteiger partial charge in [-0.2, -0.15) is 10.2 Å². The Morgan fingerprint density at radius 2 is 1.89 bits per heavy atom. The van der Waals surface area contributed by atoms with E-state index in [1.165, 1.54) is 32.1 Å². The second-order valence-electron chi connectivity index (χ2n) is 8.19. The lowest BCUT2D eigenvalue weighted by molar-refractivity contribution is 0.100. The fourth-order valence-electron chi connectivity index (χ4n) is 4.64. The van der Waals surface area contributed by atoms with Crippen molar-refractivity contribution in [1.82, 2.24) is 29.4 Å². The summed E-state index contributed by atoms with van der Waals surface area (Å²) in [5, 5.41) is 22.2.